The van der Waals surface area contributed by atoms with Crippen LogP contribution in [-0.4, -0.2) is 48.2 Å². The van der Waals surface area contributed by atoms with E-state index in [0.717, 1.165) is 25.9 Å². The first-order valence-electron chi connectivity index (χ1n) is 6.28. The van der Waals surface area contributed by atoms with Gasteiger partial charge in [-0.05, 0) is 32.5 Å². The number of hydrogen-bond donors (Lipinski definition) is 1. The lowest BCUT2D eigenvalue weighted by Gasteiger charge is -2.37. The van der Waals surface area contributed by atoms with Gasteiger partial charge in [-0.15, -0.1) is 0 Å². The van der Waals surface area contributed by atoms with Crippen molar-refractivity contribution in [2.75, 3.05) is 32.1 Å². The molecule has 1 saturated heterocycles. The fourth-order valence-electron chi connectivity index (χ4n) is 2.54. The average molecular weight is 253 g/mol. The van der Waals surface area contributed by atoms with Crippen molar-refractivity contribution in [2.24, 2.45) is 0 Å². The number of nitrogens with zero attached hydrogens (tertiary/aromatic N) is 3. The SMILES string of the molecule is CN1CCCC(N(C)c2ncc(F)cc2CO)C1. The molecule has 18 heavy (non-hydrogen) atoms. The number of aliphatic hydroxyl groups excluding tert-OH is 1. The van der Waals surface area contributed by atoms with Gasteiger partial charge in [0, 0.05) is 25.2 Å². The molecule has 0 radical (unpaired) electrons. The number of aliphatic hydroxyl groups is 1. The van der Waals surface area contributed by atoms with Gasteiger partial charge in [-0.1, -0.05) is 0 Å². The maximum atomic E-state index is 13.1. The number of halogens is 1. The number of aromatic nitrogens is 1. The highest BCUT2D eigenvalue weighted by Gasteiger charge is 2.23. The molecule has 1 aliphatic heterocycles. The fraction of sp³-hybridized carbons (Fsp3) is 0.615. The van der Waals surface area contributed by atoms with Crippen molar-refractivity contribution in [1.29, 1.82) is 0 Å². The van der Waals surface area contributed by atoms with E-state index in [0.29, 0.717) is 17.4 Å². The molecule has 0 spiro atoms. The summed E-state index contributed by atoms with van der Waals surface area (Å²) < 4.78 is 13.1. The van der Waals surface area contributed by atoms with Crippen LogP contribution in [0, 0.1) is 5.82 Å². The van der Waals surface area contributed by atoms with Crippen LogP contribution < -0.4 is 4.90 Å². The third-order valence-electron chi connectivity index (χ3n) is 3.56. The van der Waals surface area contributed by atoms with Gasteiger partial charge in [0.05, 0.1) is 12.8 Å². The predicted molar refractivity (Wildman–Crippen MR) is 69.0 cm³/mol. The molecule has 100 valence electrons. The van der Waals surface area contributed by atoms with Crippen LogP contribution in [0.3, 0.4) is 0 Å². The first kappa shape index (κ1) is 13.2. The summed E-state index contributed by atoms with van der Waals surface area (Å²) in [6.07, 6.45) is 3.46. The molecule has 5 heteroatoms. The molecule has 1 aliphatic rings. The van der Waals surface area contributed by atoms with Crippen LogP contribution in [0.15, 0.2) is 12.3 Å². The van der Waals surface area contributed by atoms with E-state index >= 15 is 0 Å². The normalized spacial score (nSPS) is 21.0. The van der Waals surface area contributed by atoms with Gasteiger partial charge in [0.25, 0.3) is 0 Å². The highest BCUT2D eigenvalue weighted by molar-refractivity contribution is 5.47. The minimum absolute atomic E-state index is 0.188. The molecule has 0 amide bonds. The van der Waals surface area contributed by atoms with E-state index in [1.165, 1.54) is 12.3 Å². The van der Waals surface area contributed by atoms with Gasteiger partial charge in [-0.2, -0.15) is 0 Å². The Kier molecular flexibility index (Phi) is 4.14. The summed E-state index contributed by atoms with van der Waals surface area (Å²) in [7, 11) is 4.06. The molecule has 2 heterocycles. The average Bonchev–Trinajstić information content (AvgIpc) is 2.37. The molecular formula is C13H20FN3O. The van der Waals surface area contributed by atoms with E-state index < -0.39 is 5.82 Å². The number of likely N-dealkylation sites (tertiary alicyclic amines) is 1. The zero-order valence-electron chi connectivity index (χ0n) is 10.9. The molecule has 0 bridgehead atoms. The van der Waals surface area contributed by atoms with Gasteiger partial charge in [0.15, 0.2) is 0 Å². The molecule has 2 rings (SSSR count). The summed E-state index contributed by atoms with van der Waals surface area (Å²) >= 11 is 0. The molecular weight excluding hydrogens is 233 g/mol. The van der Waals surface area contributed by atoms with Crippen molar-refractivity contribution >= 4 is 5.82 Å². The lowest BCUT2D eigenvalue weighted by molar-refractivity contribution is 0.246. The monoisotopic (exact) mass is 253 g/mol. The van der Waals surface area contributed by atoms with Crippen molar-refractivity contribution in [2.45, 2.75) is 25.5 Å². The maximum Gasteiger partial charge on any atom is 0.142 e. The van der Waals surface area contributed by atoms with E-state index in [1.54, 1.807) is 0 Å². The van der Waals surface area contributed by atoms with Crippen LogP contribution in [-0.2, 0) is 6.61 Å². The van der Waals surface area contributed by atoms with E-state index in [4.69, 9.17) is 0 Å². The Morgan fingerprint density at radius 3 is 3.06 bits per heavy atom. The number of pyridine rings is 1. The molecule has 1 fully saturated rings. The van der Waals surface area contributed by atoms with Crippen molar-refractivity contribution in [1.82, 2.24) is 9.88 Å². The Morgan fingerprint density at radius 2 is 2.39 bits per heavy atom. The van der Waals surface area contributed by atoms with Crippen LogP contribution in [0.2, 0.25) is 0 Å². The molecule has 1 atom stereocenters. The van der Waals surface area contributed by atoms with Gasteiger partial charge in [-0.25, -0.2) is 9.37 Å². The number of anilines is 1. The topological polar surface area (TPSA) is 39.6 Å². The second kappa shape index (κ2) is 5.63. The minimum atomic E-state index is -0.406. The van der Waals surface area contributed by atoms with Gasteiger partial charge in [0.1, 0.15) is 11.6 Å². The van der Waals surface area contributed by atoms with Crippen LogP contribution in [0.5, 0.6) is 0 Å². The highest BCUT2D eigenvalue weighted by atomic mass is 19.1. The van der Waals surface area contributed by atoms with Crippen LogP contribution in [0.25, 0.3) is 0 Å². The number of piperidine rings is 1. The standard InChI is InChI=1S/C13H20FN3O/c1-16-5-3-4-12(8-16)17(2)13-10(9-18)6-11(14)7-15-13/h6-7,12,18H,3-5,8-9H2,1-2H3. The lowest BCUT2D eigenvalue weighted by atomic mass is 10.0. The minimum Gasteiger partial charge on any atom is -0.392 e. The van der Waals surface area contributed by atoms with E-state index in [1.807, 2.05) is 7.05 Å². The van der Waals surface area contributed by atoms with E-state index in [-0.39, 0.29) is 6.61 Å². The van der Waals surface area contributed by atoms with E-state index in [9.17, 15) is 9.50 Å². The second-order valence-corrected chi connectivity index (χ2v) is 4.96. The molecule has 1 unspecified atom stereocenters. The summed E-state index contributed by atoms with van der Waals surface area (Å²) in [4.78, 5) is 8.46. The van der Waals surface area contributed by atoms with Gasteiger partial charge in [0.2, 0.25) is 0 Å². The fourth-order valence-corrected chi connectivity index (χ4v) is 2.54. The van der Waals surface area contributed by atoms with Crippen LogP contribution >= 0.6 is 0 Å². The third-order valence-corrected chi connectivity index (χ3v) is 3.56. The van der Waals surface area contributed by atoms with Crippen molar-refractivity contribution in [3.8, 4) is 0 Å². The number of likely N-dealkylation sites (N-methyl/N-ethyl adjacent to an activating group) is 2. The zero-order chi connectivity index (χ0) is 13.1. The Labute approximate surface area is 107 Å². The Balaban J connectivity index is 2.19. The zero-order valence-corrected chi connectivity index (χ0v) is 10.9. The van der Waals surface area contributed by atoms with Gasteiger partial charge < -0.3 is 14.9 Å². The predicted octanol–water partition coefficient (Wildman–Crippen LogP) is 1.24. The van der Waals surface area contributed by atoms with Crippen molar-refractivity contribution in [3.05, 3.63) is 23.6 Å². The quantitative estimate of drug-likeness (QED) is 0.880. The number of rotatable bonds is 3. The molecule has 1 aromatic rings. The van der Waals surface area contributed by atoms with Crippen LogP contribution in [0.1, 0.15) is 18.4 Å². The van der Waals surface area contributed by atoms with Gasteiger partial charge >= 0.3 is 0 Å². The molecule has 1 aromatic heterocycles. The largest absolute Gasteiger partial charge is 0.392 e. The molecule has 0 saturated carbocycles. The Bertz CT molecular complexity index is 413. The van der Waals surface area contributed by atoms with Gasteiger partial charge in [-0.3, -0.25) is 0 Å². The summed E-state index contributed by atoms with van der Waals surface area (Å²) in [6.45, 7) is 1.90. The first-order chi connectivity index (χ1) is 8.61. The van der Waals surface area contributed by atoms with Crippen molar-refractivity contribution in [3.63, 3.8) is 0 Å². The highest BCUT2D eigenvalue weighted by Crippen LogP contribution is 2.23. The van der Waals surface area contributed by atoms with E-state index in [2.05, 4.69) is 21.8 Å². The Hall–Kier alpha value is -1.20. The smallest absolute Gasteiger partial charge is 0.142 e. The van der Waals surface area contributed by atoms with Crippen molar-refractivity contribution < 1.29 is 9.50 Å². The molecule has 0 aliphatic carbocycles. The summed E-state index contributed by atoms with van der Waals surface area (Å²) in [5.41, 5.74) is 0.547. The lowest BCUT2D eigenvalue weighted by Crippen LogP contribution is -2.45. The maximum absolute atomic E-state index is 13.1. The van der Waals surface area contributed by atoms with Crippen LogP contribution in [0.4, 0.5) is 10.2 Å². The summed E-state index contributed by atoms with van der Waals surface area (Å²) in [6, 6.07) is 1.72. The Morgan fingerprint density at radius 1 is 1.61 bits per heavy atom. The molecule has 0 aromatic carbocycles. The summed E-state index contributed by atoms with van der Waals surface area (Å²) in [5, 5.41) is 9.30. The molecule has 1 N–H and O–H groups in total. The first-order valence-corrected chi connectivity index (χ1v) is 6.28. The second-order valence-electron chi connectivity index (χ2n) is 4.96. The molecule has 4 nitrogen and oxygen atoms in total. The number of hydrogen-bond acceptors (Lipinski definition) is 4. The summed E-state index contributed by atoms with van der Waals surface area (Å²) in [5.74, 6) is 0.274. The third kappa shape index (κ3) is 2.79.